The lowest BCUT2D eigenvalue weighted by atomic mass is 10.1. The third kappa shape index (κ3) is 2.69. The highest BCUT2D eigenvalue weighted by atomic mass is 79.9. The van der Waals surface area contributed by atoms with Gasteiger partial charge in [0.2, 0.25) is 0 Å². The maximum atomic E-state index is 6.04. The molecule has 0 saturated heterocycles. The number of hydrogen-bond acceptors (Lipinski definition) is 3. The van der Waals surface area contributed by atoms with E-state index in [1.54, 1.807) is 6.20 Å². The predicted molar refractivity (Wildman–Crippen MR) is 88.8 cm³/mol. The molecule has 0 unspecified atom stereocenters. The second kappa shape index (κ2) is 5.33. The molecule has 0 saturated carbocycles. The zero-order valence-electron chi connectivity index (χ0n) is 11.8. The van der Waals surface area contributed by atoms with Crippen LogP contribution in [0.2, 0.25) is 0 Å². The van der Waals surface area contributed by atoms with Gasteiger partial charge in [-0.05, 0) is 48.0 Å². The third-order valence-corrected chi connectivity index (χ3v) is 3.94. The molecule has 0 spiro atoms. The van der Waals surface area contributed by atoms with E-state index in [1.807, 2.05) is 12.3 Å². The lowest BCUT2D eigenvalue weighted by Gasteiger charge is -2.04. The van der Waals surface area contributed by atoms with Crippen LogP contribution in [0.15, 0.2) is 41.3 Å². The molecule has 106 valence electrons. The Morgan fingerprint density at radius 2 is 1.81 bits per heavy atom. The van der Waals surface area contributed by atoms with Gasteiger partial charge in [0.15, 0.2) is 0 Å². The molecule has 5 heteroatoms. The van der Waals surface area contributed by atoms with Crippen LogP contribution in [0, 0.1) is 13.8 Å². The second-order valence-electron chi connectivity index (χ2n) is 5.08. The maximum absolute atomic E-state index is 6.04. The van der Waals surface area contributed by atoms with Gasteiger partial charge in [-0.1, -0.05) is 17.2 Å². The lowest BCUT2D eigenvalue weighted by molar-refractivity contribution is 1.25. The fraction of sp³-hybridized carbons (Fsp3) is 0.125. The molecule has 3 aromatic rings. The van der Waals surface area contributed by atoms with Crippen LogP contribution in [-0.2, 0) is 0 Å². The van der Waals surface area contributed by atoms with Crippen LogP contribution in [0.3, 0.4) is 0 Å². The topological polar surface area (TPSA) is 67.6 Å². The van der Waals surface area contributed by atoms with Gasteiger partial charge in [-0.2, -0.15) is 0 Å². The van der Waals surface area contributed by atoms with E-state index in [9.17, 15) is 0 Å². The zero-order valence-corrected chi connectivity index (χ0v) is 13.4. The fourth-order valence-electron chi connectivity index (χ4n) is 2.39. The van der Waals surface area contributed by atoms with Gasteiger partial charge in [-0.25, -0.2) is 9.97 Å². The lowest BCUT2D eigenvalue weighted by Crippen LogP contribution is -1.94. The Labute approximate surface area is 131 Å². The summed E-state index contributed by atoms with van der Waals surface area (Å²) in [6, 6.07) is 8.27. The molecular weight excluding hydrogens is 328 g/mol. The van der Waals surface area contributed by atoms with Crippen molar-refractivity contribution in [2.24, 2.45) is 0 Å². The van der Waals surface area contributed by atoms with Crippen LogP contribution >= 0.6 is 15.9 Å². The van der Waals surface area contributed by atoms with E-state index in [0.717, 1.165) is 22.6 Å². The standard InChI is InChI=1S/C16H15BrN4/c1-9-5-10(2)7-11(6-9)13-8-20-16(21-13)12-3-4-19-15(17)14(12)18/h3-8H,18H2,1-2H3,(H,20,21). The first-order valence-electron chi connectivity index (χ1n) is 6.58. The van der Waals surface area contributed by atoms with E-state index in [-0.39, 0.29) is 0 Å². The number of H-pyrrole nitrogens is 1. The molecule has 2 heterocycles. The fourth-order valence-corrected chi connectivity index (χ4v) is 2.72. The molecule has 4 nitrogen and oxygen atoms in total. The van der Waals surface area contributed by atoms with Gasteiger partial charge in [0.1, 0.15) is 10.4 Å². The van der Waals surface area contributed by atoms with Gasteiger partial charge >= 0.3 is 0 Å². The number of nitrogens with zero attached hydrogens (tertiary/aromatic N) is 2. The van der Waals surface area contributed by atoms with Crippen molar-refractivity contribution in [3.8, 4) is 22.6 Å². The summed E-state index contributed by atoms with van der Waals surface area (Å²) >= 11 is 3.34. The highest BCUT2D eigenvalue weighted by Gasteiger charge is 2.11. The number of anilines is 1. The minimum absolute atomic E-state index is 0.582. The molecule has 3 N–H and O–H groups in total. The van der Waals surface area contributed by atoms with Crippen molar-refractivity contribution in [3.05, 3.63) is 52.4 Å². The van der Waals surface area contributed by atoms with Crippen molar-refractivity contribution < 1.29 is 0 Å². The van der Waals surface area contributed by atoms with Gasteiger partial charge in [0.25, 0.3) is 0 Å². The number of halogens is 1. The molecule has 21 heavy (non-hydrogen) atoms. The molecule has 0 bridgehead atoms. The molecule has 0 aliphatic heterocycles. The Kier molecular flexibility index (Phi) is 3.51. The first kappa shape index (κ1) is 13.8. The predicted octanol–water partition coefficient (Wildman–Crippen LogP) is 4.10. The van der Waals surface area contributed by atoms with Gasteiger partial charge in [-0.15, -0.1) is 0 Å². The summed E-state index contributed by atoms with van der Waals surface area (Å²) in [5.74, 6) is 0.741. The van der Waals surface area contributed by atoms with E-state index in [0.29, 0.717) is 10.3 Å². The summed E-state index contributed by atoms with van der Waals surface area (Å²) in [7, 11) is 0. The number of nitrogens with two attached hydrogens (primary N) is 1. The van der Waals surface area contributed by atoms with E-state index in [2.05, 4.69) is 62.9 Å². The zero-order chi connectivity index (χ0) is 15.0. The number of pyridine rings is 1. The first-order valence-corrected chi connectivity index (χ1v) is 7.38. The van der Waals surface area contributed by atoms with E-state index in [4.69, 9.17) is 5.73 Å². The summed E-state index contributed by atoms with van der Waals surface area (Å²) in [6.45, 7) is 4.18. The first-order chi connectivity index (χ1) is 10.0. The molecule has 0 aliphatic carbocycles. The average Bonchev–Trinajstić information content (AvgIpc) is 2.90. The van der Waals surface area contributed by atoms with E-state index < -0.39 is 0 Å². The maximum Gasteiger partial charge on any atom is 0.139 e. The summed E-state index contributed by atoms with van der Waals surface area (Å²) < 4.78 is 0.629. The molecule has 0 radical (unpaired) electrons. The summed E-state index contributed by atoms with van der Waals surface area (Å²) in [6.07, 6.45) is 3.53. The van der Waals surface area contributed by atoms with Crippen LogP contribution in [0.1, 0.15) is 11.1 Å². The minimum Gasteiger partial charge on any atom is -0.396 e. The summed E-state index contributed by atoms with van der Waals surface area (Å²) in [5, 5.41) is 0. The monoisotopic (exact) mass is 342 g/mol. The smallest absolute Gasteiger partial charge is 0.139 e. The number of aromatic amines is 1. The number of imidazole rings is 1. The highest BCUT2D eigenvalue weighted by Crippen LogP contribution is 2.30. The number of rotatable bonds is 2. The van der Waals surface area contributed by atoms with Crippen molar-refractivity contribution in [1.82, 2.24) is 15.0 Å². The van der Waals surface area contributed by atoms with Gasteiger partial charge in [-0.3, -0.25) is 0 Å². The molecule has 1 aromatic carbocycles. The Balaban J connectivity index is 2.06. The van der Waals surface area contributed by atoms with Crippen LogP contribution in [0.4, 0.5) is 5.69 Å². The van der Waals surface area contributed by atoms with Crippen molar-refractivity contribution >= 4 is 21.6 Å². The molecule has 3 rings (SSSR count). The quantitative estimate of drug-likeness (QED) is 0.689. The SMILES string of the molecule is Cc1cc(C)cc(-c2cnc(-c3ccnc(Br)c3N)[nH]2)c1. The Morgan fingerprint density at radius 1 is 1.10 bits per heavy atom. The Hall–Kier alpha value is -2.14. The number of hydrogen-bond donors (Lipinski definition) is 2. The van der Waals surface area contributed by atoms with Gasteiger partial charge in [0, 0.05) is 17.3 Å². The molecule has 0 aliphatic rings. The van der Waals surface area contributed by atoms with Crippen molar-refractivity contribution in [2.75, 3.05) is 5.73 Å². The highest BCUT2D eigenvalue weighted by molar-refractivity contribution is 9.10. The number of benzene rings is 1. The molecular formula is C16H15BrN4. The number of aryl methyl sites for hydroxylation is 2. The molecule has 0 fully saturated rings. The Bertz CT molecular complexity index is 788. The number of nitrogen functional groups attached to an aromatic ring is 1. The summed E-state index contributed by atoms with van der Waals surface area (Å²) in [5.41, 5.74) is 12.0. The molecule has 0 amide bonds. The minimum atomic E-state index is 0.582. The number of nitrogens with one attached hydrogen (secondary N) is 1. The van der Waals surface area contributed by atoms with Gasteiger partial charge in [0.05, 0.1) is 17.6 Å². The van der Waals surface area contributed by atoms with Crippen molar-refractivity contribution in [1.29, 1.82) is 0 Å². The van der Waals surface area contributed by atoms with Crippen LogP contribution in [-0.4, -0.2) is 15.0 Å². The van der Waals surface area contributed by atoms with Crippen LogP contribution in [0.5, 0.6) is 0 Å². The third-order valence-electron chi connectivity index (χ3n) is 3.31. The summed E-state index contributed by atoms with van der Waals surface area (Å²) in [4.78, 5) is 11.9. The normalized spacial score (nSPS) is 10.8. The van der Waals surface area contributed by atoms with Crippen LogP contribution < -0.4 is 5.73 Å². The molecule has 2 aromatic heterocycles. The number of aromatic nitrogens is 3. The van der Waals surface area contributed by atoms with Crippen LogP contribution in [0.25, 0.3) is 22.6 Å². The van der Waals surface area contributed by atoms with E-state index in [1.165, 1.54) is 11.1 Å². The average molecular weight is 343 g/mol. The van der Waals surface area contributed by atoms with E-state index >= 15 is 0 Å². The Morgan fingerprint density at radius 3 is 2.52 bits per heavy atom. The van der Waals surface area contributed by atoms with Gasteiger partial charge < -0.3 is 10.7 Å². The largest absolute Gasteiger partial charge is 0.396 e. The molecule has 0 atom stereocenters. The van der Waals surface area contributed by atoms with Crippen molar-refractivity contribution in [2.45, 2.75) is 13.8 Å². The van der Waals surface area contributed by atoms with Crippen molar-refractivity contribution in [3.63, 3.8) is 0 Å². The second-order valence-corrected chi connectivity index (χ2v) is 5.84.